The molecule has 1 aliphatic rings. The summed E-state index contributed by atoms with van der Waals surface area (Å²) in [5.74, 6) is 0. The van der Waals surface area contributed by atoms with E-state index in [4.69, 9.17) is 16.3 Å². The number of halogens is 1. The molecule has 0 saturated heterocycles. The summed E-state index contributed by atoms with van der Waals surface area (Å²) in [4.78, 5) is 4.34. The van der Waals surface area contributed by atoms with Gasteiger partial charge in [0.1, 0.15) is 0 Å². The van der Waals surface area contributed by atoms with Gasteiger partial charge in [-0.25, -0.2) is 9.50 Å². The maximum atomic E-state index is 5.97. The van der Waals surface area contributed by atoms with Gasteiger partial charge in [-0.1, -0.05) is 25.4 Å². The van der Waals surface area contributed by atoms with Crippen molar-refractivity contribution < 1.29 is 4.74 Å². The molecule has 2 aromatic heterocycles. The minimum absolute atomic E-state index is 0.0820. The van der Waals surface area contributed by atoms with Gasteiger partial charge in [-0.15, -0.1) is 0 Å². The Kier molecular flexibility index (Phi) is 2.50. The number of hydrogen-bond donors (Lipinski definition) is 1. The lowest BCUT2D eigenvalue weighted by molar-refractivity contribution is 0.0497. The number of ether oxygens (including phenoxy) is 1. The molecule has 6 heteroatoms. The van der Waals surface area contributed by atoms with Crippen LogP contribution in [0.4, 0.5) is 5.69 Å². The van der Waals surface area contributed by atoms with Crippen LogP contribution in [-0.4, -0.2) is 34.4 Å². The van der Waals surface area contributed by atoms with E-state index >= 15 is 0 Å². The molecule has 2 aromatic rings. The number of methoxy groups -OCH3 is 1. The van der Waals surface area contributed by atoms with Crippen LogP contribution in [0, 0.1) is 0 Å². The van der Waals surface area contributed by atoms with Gasteiger partial charge in [-0.05, 0) is 0 Å². The molecule has 0 fully saturated rings. The molecule has 3 heterocycles. The summed E-state index contributed by atoms with van der Waals surface area (Å²) >= 11 is 5.97. The normalized spacial score (nSPS) is 21.7. The lowest BCUT2D eigenvalue weighted by Crippen LogP contribution is -2.46. The Morgan fingerprint density at radius 1 is 1.56 bits per heavy atom. The van der Waals surface area contributed by atoms with Crippen molar-refractivity contribution in [1.82, 2.24) is 14.6 Å². The lowest BCUT2D eigenvalue weighted by atomic mass is 9.79. The minimum atomic E-state index is -0.161. The first kappa shape index (κ1) is 11.7. The molecule has 3 rings (SSSR count). The Morgan fingerprint density at radius 3 is 3.06 bits per heavy atom. The first-order valence-electron chi connectivity index (χ1n) is 5.85. The first-order chi connectivity index (χ1) is 8.54. The van der Waals surface area contributed by atoms with E-state index in [1.54, 1.807) is 17.7 Å². The predicted molar refractivity (Wildman–Crippen MR) is 70.3 cm³/mol. The molecule has 18 heavy (non-hydrogen) atoms. The number of anilines is 1. The summed E-state index contributed by atoms with van der Waals surface area (Å²) in [6.07, 6.45) is 1.91. The highest BCUT2D eigenvalue weighted by Gasteiger charge is 2.39. The maximum absolute atomic E-state index is 5.97. The molecule has 0 saturated carbocycles. The zero-order valence-corrected chi connectivity index (χ0v) is 11.3. The molecule has 1 aliphatic heterocycles. The molecule has 5 nitrogen and oxygen atoms in total. The number of nitrogens with zero attached hydrogens (tertiary/aromatic N) is 3. The molecule has 1 unspecified atom stereocenters. The van der Waals surface area contributed by atoms with Gasteiger partial charge in [0.2, 0.25) is 0 Å². The van der Waals surface area contributed by atoms with E-state index in [0.29, 0.717) is 5.15 Å². The van der Waals surface area contributed by atoms with E-state index in [9.17, 15) is 0 Å². The molecular weight excluding hydrogens is 252 g/mol. The van der Waals surface area contributed by atoms with Gasteiger partial charge in [0.05, 0.1) is 23.7 Å². The summed E-state index contributed by atoms with van der Waals surface area (Å²) in [5.41, 5.74) is 2.63. The fraction of sp³-hybridized carbons (Fsp3) is 0.500. The van der Waals surface area contributed by atoms with Crippen LogP contribution in [0.15, 0.2) is 12.3 Å². The second-order valence-corrected chi connectivity index (χ2v) is 5.47. The lowest BCUT2D eigenvalue weighted by Gasteiger charge is -2.39. The SMILES string of the molecule is COC1CNc2cnc3cc(Cl)nn3c2C1(C)C. The number of rotatable bonds is 1. The maximum Gasteiger partial charge on any atom is 0.156 e. The topological polar surface area (TPSA) is 51.5 Å². The van der Waals surface area contributed by atoms with Gasteiger partial charge in [0.15, 0.2) is 10.8 Å². The van der Waals surface area contributed by atoms with Crippen LogP contribution in [0.5, 0.6) is 0 Å². The second kappa shape index (κ2) is 3.83. The van der Waals surface area contributed by atoms with Crippen LogP contribution in [0.25, 0.3) is 5.65 Å². The highest BCUT2D eigenvalue weighted by atomic mass is 35.5. The summed E-state index contributed by atoms with van der Waals surface area (Å²) in [6, 6.07) is 1.76. The van der Waals surface area contributed by atoms with Crippen LogP contribution in [-0.2, 0) is 10.2 Å². The fourth-order valence-electron chi connectivity index (χ4n) is 2.64. The van der Waals surface area contributed by atoms with E-state index in [0.717, 1.165) is 23.6 Å². The summed E-state index contributed by atoms with van der Waals surface area (Å²) < 4.78 is 7.36. The summed E-state index contributed by atoms with van der Waals surface area (Å²) in [6.45, 7) is 5.06. The van der Waals surface area contributed by atoms with Gasteiger partial charge in [-0.2, -0.15) is 5.10 Å². The number of aromatic nitrogens is 3. The van der Waals surface area contributed by atoms with Crippen molar-refractivity contribution in [2.24, 2.45) is 0 Å². The number of nitrogens with one attached hydrogen (secondary N) is 1. The number of fused-ring (bicyclic) bond motifs is 3. The predicted octanol–water partition coefficient (Wildman–Crippen LogP) is 2.10. The number of hydrogen-bond acceptors (Lipinski definition) is 4. The van der Waals surface area contributed by atoms with Gasteiger partial charge in [0.25, 0.3) is 0 Å². The monoisotopic (exact) mass is 266 g/mol. The third kappa shape index (κ3) is 1.51. The first-order valence-corrected chi connectivity index (χ1v) is 6.23. The van der Waals surface area contributed by atoms with E-state index in [1.165, 1.54) is 0 Å². The van der Waals surface area contributed by atoms with Crippen molar-refractivity contribution in [3.63, 3.8) is 0 Å². The van der Waals surface area contributed by atoms with Crippen molar-refractivity contribution in [3.8, 4) is 0 Å². The smallest absolute Gasteiger partial charge is 0.156 e. The standard InChI is InChI=1S/C12H15ClN4O/c1-12(2)8(18-3)6-14-7-5-15-10-4-9(13)16-17(10)11(7)12/h4-5,8,14H,6H2,1-3H3. The molecule has 0 bridgehead atoms. The zero-order valence-electron chi connectivity index (χ0n) is 10.6. The molecule has 96 valence electrons. The summed E-state index contributed by atoms with van der Waals surface area (Å²) in [5, 5.41) is 8.09. The Balaban J connectivity index is 2.30. The third-order valence-corrected chi connectivity index (χ3v) is 3.82. The van der Waals surface area contributed by atoms with Gasteiger partial charge >= 0.3 is 0 Å². The molecule has 0 spiro atoms. The van der Waals surface area contributed by atoms with Crippen LogP contribution >= 0.6 is 11.6 Å². The average Bonchev–Trinajstić information content (AvgIpc) is 2.68. The molecule has 0 aliphatic carbocycles. The highest BCUT2D eigenvalue weighted by molar-refractivity contribution is 6.29. The zero-order chi connectivity index (χ0) is 12.9. The average molecular weight is 267 g/mol. The van der Waals surface area contributed by atoms with E-state index in [2.05, 4.69) is 29.2 Å². The van der Waals surface area contributed by atoms with Crippen LogP contribution in [0.1, 0.15) is 19.5 Å². The highest BCUT2D eigenvalue weighted by Crippen LogP contribution is 2.37. The van der Waals surface area contributed by atoms with Crippen LogP contribution in [0.3, 0.4) is 0 Å². The van der Waals surface area contributed by atoms with Crippen molar-refractivity contribution in [1.29, 1.82) is 0 Å². The van der Waals surface area contributed by atoms with Crippen LogP contribution < -0.4 is 5.32 Å². The minimum Gasteiger partial charge on any atom is -0.380 e. The van der Waals surface area contributed by atoms with Crippen LogP contribution in [0.2, 0.25) is 5.15 Å². The molecule has 1 atom stereocenters. The summed E-state index contributed by atoms with van der Waals surface area (Å²) in [7, 11) is 1.73. The largest absolute Gasteiger partial charge is 0.380 e. The van der Waals surface area contributed by atoms with Gasteiger partial charge in [-0.3, -0.25) is 0 Å². The Hall–Kier alpha value is -1.33. The van der Waals surface area contributed by atoms with Gasteiger partial charge < -0.3 is 10.1 Å². The van der Waals surface area contributed by atoms with Crippen molar-refractivity contribution in [2.75, 3.05) is 19.0 Å². The second-order valence-electron chi connectivity index (χ2n) is 5.08. The van der Waals surface area contributed by atoms with Gasteiger partial charge in [0, 0.05) is 25.1 Å². The Morgan fingerprint density at radius 2 is 2.33 bits per heavy atom. The van der Waals surface area contributed by atoms with Crippen molar-refractivity contribution in [3.05, 3.63) is 23.1 Å². The third-order valence-electron chi connectivity index (χ3n) is 3.63. The Labute approximate surface area is 110 Å². The molecule has 0 radical (unpaired) electrons. The van der Waals surface area contributed by atoms with Crippen molar-refractivity contribution in [2.45, 2.75) is 25.4 Å². The molecule has 0 aromatic carbocycles. The fourth-order valence-corrected chi connectivity index (χ4v) is 2.82. The van der Waals surface area contributed by atoms with E-state index in [1.807, 2.05) is 6.20 Å². The molecule has 1 N–H and O–H groups in total. The van der Waals surface area contributed by atoms with E-state index < -0.39 is 0 Å². The van der Waals surface area contributed by atoms with E-state index in [-0.39, 0.29) is 11.5 Å². The van der Waals surface area contributed by atoms with Crippen molar-refractivity contribution >= 4 is 22.9 Å². The quantitative estimate of drug-likeness (QED) is 0.859. The molecule has 0 amide bonds. The molecular formula is C12H15ClN4O. The Bertz CT molecular complexity index is 607.